The molecule has 0 amide bonds. The molecule has 0 bridgehead atoms. The lowest BCUT2D eigenvalue weighted by atomic mass is 10.1. The summed E-state index contributed by atoms with van der Waals surface area (Å²) in [6.45, 7) is 2.27. The molecule has 0 N–H and O–H groups in total. The van der Waals surface area contributed by atoms with Gasteiger partial charge in [-0.1, -0.05) is 29.8 Å². The summed E-state index contributed by atoms with van der Waals surface area (Å²) in [5.41, 5.74) is 1.68. The van der Waals surface area contributed by atoms with Crippen molar-refractivity contribution < 1.29 is 14.1 Å². The first-order chi connectivity index (χ1) is 10.7. The van der Waals surface area contributed by atoms with Gasteiger partial charge in [-0.2, -0.15) is 4.57 Å². The van der Waals surface area contributed by atoms with Crippen LogP contribution >= 0.6 is 0 Å². The Labute approximate surface area is 129 Å². The Bertz CT molecular complexity index is 840. The average Bonchev–Trinajstić information content (AvgIpc) is 2.54. The molecule has 110 valence electrons. The Morgan fingerprint density at radius 1 is 1.09 bits per heavy atom. The van der Waals surface area contributed by atoms with Gasteiger partial charge in [0.25, 0.3) is 0 Å². The molecule has 3 nitrogen and oxygen atoms in total. The van der Waals surface area contributed by atoms with Crippen LogP contribution in [0.25, 0.3) is 10.8 Å². The molecule has 0 spiro atoms. The van der Waals surface area contributed by atoms with Crippen LogP contribution in [0.15, 0.2) is 60.9 Å². The lowest BCUT2D eigenvalue weighted by molar-refractivity contribution is -0.681. The minimum Gasteiger partial charge on any atom is -0.496 e. The molecule has 0 atom stereocenters. The van der Waals surface area contributed by atoms with Gasteiger partial charge in [0.2, 0.25) is 12.3 Å². The van der Waals surface area contributed by atoms with Gasteiger partial charge in [-0.3, -0.25) is 4.79 Å². The maximum absolute atomic E-state index is 12.6. The van der Waals surface area contributed by atoms with Crippen molar-refractivity contribution in [3.8, 4) is 5.75 Å². The van der Waals surface area contributed by atoms with Crippen molar-refractivity contribution in [2.45, 2.75) is 13.5 Å². The number of methoxy groups -OCH3 is 1. The van der Waals surface area contributed by atoms with E-state index >= 15 is 0 Å². The van der Waals surface area contributed by atoms with E-state index in [1.807, 2.05) is 66.3 Å². The fraction of sp³-hybridized carbons (Fsp3) is 0.158. The second-order valence-electron chi connectivity index (χ2n) is 5.37. The molecular weight excluding hydrogens is 274 g/mol. The Morgan fingerprint density at radius 2 is 1.86 bits per heavy atom. The molecule has 0 fully saturated rings. The minimum absolute atomic E-state index is 0.0424. The SMILES string of the molecule is COc1ccc(C)cc1C(=O)C[n+]1ccc2ccccc2c1. The number of carbonyl (C=O) groups is 1. The van der Waals surface area contributed by atoms with Crippen LogP contribution in [0, 0.1) is 6.92 Å². The van der Waals surface area contributed by atoms with E-state index in [1.54, 1.807) is 7.11 Å². The van der Waals surface area contributed by atoms with Crippen LogP contribution in [-0.2, 0) is 6.54 Å². The van der Waals surface area contributed by atoms with Crippen molar-refractivity contribution in [3.63, 3.8) is 0 Å². The molecule has 3 rings (SSSR count). The zero-order chi connectivity index (χ0) is 15.5. The number of rotatable bonds is 4. The number of pyridine rings is 1. The van der Waals surface area contributed by atoms with Gasteiger partial charge in [0.15, 0.2) is 12.4 Å². The summed E-state index contributed by atoms with van der Waals surface area (Å²) in [4.78, 5) is 12.6. The summed E-state index contributed by atoms with van der Waals surface area (Å²) in [6.07, 6.45) is 3.93. The van der Waals surface area contributed by atoms with Gasteiger partial charge in [-0.15, -0.1) is 0 Å². The number of ketones is 1. The van der Waals surface area contributed by atoms with E-state index in [1.165, 1.54) is 5.39 Å². The van der Waals surface area contributed by atoms with E-state index < -0.39 is 0 Å². The number of ether oxygens (including phenoxy) is 1. The lowest BCUT2D eigenvalue weighted by Gasteiger charge is -2.07. The van der Waals surface area contributed by atoms with E-state index in [9.17, 15) is 4.79 Å². The predicted octanol–water partition coefficient (Wildman–Crippen LogP) is 3.33. The van der Waals surface area contributed by atoms with Crippen molar-refractivity contribution in [1.29, 1.82) is 0 Å². The first-order valence-electron chi connectivity index (χ1n) is 7.23. The number of aryl methyl sites for hydroxylation is 1. The second-order valence-corrected chi connectivity index (χ2v) is 5.37. The van der Waals surface area contributed by atoms with Gasteiger partial charge in [-0.05, 0) is 30.5 Å². The number of aromatic nitrogens is 1. The van der Waals surface area contributed by atoms with Gasteiger partial charge in [-0.25, -0.2) is 0 Å². The van der Waals surface area contributed by atoms with Crippen molar-refractivity contribution in [1.82, 2.24) is 0 Å². The topological polar surface area (TPSA) is 30.2 Å². The highest BCUT2D eigenvalue weighted by atomic mass is 16.5. The highest BCUT2D eigenvalue weighted by Crippen LogP contribution is 2.20. The van der Waals surface area contributed by atoms with E-state index in [-0.39, 0.29) is 5.78 Å². The van der Waals surface area contributed by atoms with Crippen molar-refractivity contribution in [3.05, 3.63) is 72.1 Å². The molecule has 0 saturated heterocycles. The van der Waals surface area contributed by atoms with Crippen LogP contribution in [0.4, 0.5) is 0 Å². The molecule has 0 aliphatic carbocycles. The molecule has 0 radical (unpaired) electrons. The normalized spacial score (nSPS) is 10.6. The number of Topliss-reactive ketones (excluding diaryl/α,β-unsaturated/α-hetero) is 1. The zero-order valence-corrected chi connectivity index (χ0v) is 12.7. The average molecular weight is 292 g/mol. The molecule has 0 saturated carbocycles. The van der Waals surface area contributed by atoms with E-state index in [2.05, 4.69) is 6.07 Å². The fourth-order valence-corrected chi connectivity index (χ4v) is 2.57. The number of carbonyl (C=O) groups excluding carboxylic acids is 1. The van der Waals surface area contributed by atoms with Crippen LogP contribution in [0.1, 0.15) is 15.9 Å². The van der Waals surface area contributed by atoms with E-state index in [0.29, 0.717) is 17.9 Å². The van der Waals surface area contributed by atoms with Crippen LogP contribution < -0.4 is 9.30 Å². The fourth-order valence-electron chi connectivity index (χ4n) is 2.57. The quantitative estimate of drug-likeness (QED) is 0.545. The lowest BCUT2D eigenvalue weighted by Crippen LogP contribution is -2.37. The number of fused-ring (bicyclic) bond motifs is 1. The smallest absolute Gasteiger partial charge is 0.231 e. The second kappa shape index (κ2) is 5.98. The van der Waals surface area contributed by atoms with Crippen LogP contribution in [0.3, 0.4) is 0 Å². The molecular formula is C19H18NO2+. The zero-order valence-electron chi connectivity index (χ0n) is 12.7. The minimum atomic E-state index is 0.0424. The number of hydrogen-bond acceptors (Lipinski definition) is 2. The van der Waals surface area contributed by atoms with Crippen molar-refractivity contribution in [2.24, 2.45) is 0 Å². The van der Waals surface area contributed by atoms with Gasteiger partial charge in [0, 0.05) is 11.5 Å². The van der Waals surface area contributed by atoms with Gasteiger partial charge >= 0.3 is 0 Å². The third-order valence-corrected chi connectivity index (χ3v) is 3.73. The summed E-state index contributed by atoms with van der Waals surface area (Å²) in [5.74, 6) is 0.665. The Balaban J connectivity index is 1.91. The molecule has 2 aromatic carbocycles. The molecule has 0 aliphatic heterocycles. The van der Waals surface area contributed by atoms with Crippen molar-refractivity contribution >= 4 is 16.6 Å². The van der Waals surface area contributed by atoms with Gasteiger partial charge in [0.1, 0.15) is 5.75 Å². The summed E-state index contributed by atoms with van der Waals surface area (Å²) < 4.78 is 7.21. The number of benzene rings is 2. The molecule has 3 aromatic rings. The maximum atomic E-state index is 12.6. The molecule has 1 aromatic heterocycles. The highest BCUT2D eigenvalue weighted by molar-refractivity contribution is 5.98. The van der Waals surface area contributed by atoms with E-state index in [0.717, 1.165) is 10.9 Å². The summed E-state index contributed by atoms with van der Waals surface area (Å²) in [7, 11) is 1.59. The van der Waals surface area contributed by atoms with Gasteiger partial charge < -0.3 is 4.74 Å². The largest absolute Gasteiger partial charge is 0.496 e. The van der Waals surface area contributed by atoms with Crippen LogP contribution in [0.5, 0.6) is 5.75 Å². The number of nitrogens with zero attached hydrogens (tertiary/aromatic N) is 1. The van der Waals surface area contributed by atoms with Gasteiger partial charge in [0.05, 0.1) is 12.7 Å². The number of hydrogen-bond donors (Lipinski definition) is 0. The Kier molecular flexibility index (Phi) is 3.88. The standard InChI is InChI=1S/C19H18NO2/c1-14-7-8-19(22-2)17(11-14)18(21)13-20-10-9-15-5-3-4-6-16(15)12-20/h3-12H,13H2,1-2H3/q+1. The third-order valence-electron chi connectivity index (χ3n) is 3.73. The monoisotopic (exact) mass is 292 g/mol. The summed E-state index contributed by atoms with van der Waals surface area (Å²) in [5, 5.41) is 2.29. The first kappa shape index (κ1) is 14.3. The molecule has 1 heterocycles. The Hall–Kier alpha value is -2.68. The predicted molar refractivity (Wildman–Crippen MR) is 86.2 cm³/mol. The first-order valence-corrected chi connectivity index (χ1v) is 7.23. The maximum Gasteiger partial charge on any atom is 0.231 e. The van der Waals surface area contributed by atoms with Crippen LogP contribution in [-0.4, -0.2) is 12.9 Å². The molecule has 3 heteroatoms. The molecule has 0 aliphatic rings. The molecule has 0 unspecified atom stereocenters. The summed E-state index contributed by atoms with van der Waals surface area (Å²) >= 11 is 0. The highest BCUT2D eigenvalue weighted by Gasteiger charge is 2.17. The van der Waals surface area contributed by atoms with E-state index in [4.69, 9.17) is 4.74 Å². The van der Waals surface area contributed by atoms with Crippen molar-refractivity contribution in [2.75, 3.05) is 7.11 Å². The third kappa shape index (κ3) is 2.84. The molecule has 22 heavy (non-hydrogen) atoms. The Morgan fingerprint density at radius 3 is 2.64 bits per heavy atom. The van der Waals surface area contributed by atoms with Crippen LogP contribution in [0.2, 0.25) is 0 Å². The summed E-state index contributed by atoms with van der Waals surface area (Å²) in [6, 6.07) is 15.8.